The highest BCUT2D eigenvalue weighted by Gasteiger charge is 2.29. The lowest BCUT2D eigenvalue weighted by Crippen LogP contribution is -2.30. The average Bonchev–Trinajstić information content (AvgIpc) is 0.918. The van der Waals surface area contributed by atoms with Gasteiger partial charge in [0.1, 0.15) is 25.4 Å². The lowest BCUT2D eigenvalue weighted by Gasteiger charge is -2.21. The summed E-state index contributed by atoms with van der Waals surface area (Å²) in [6.07, 6.45) is 100. The lowest BCUT2D eigenvalue weighted by molar-refractivity contribution is -0.161. The second-order valence-electron chi connectivity index (χ2n) is 27.9. The van der Waals surface area contributed by atoms with Crippen LogP contribution in [0.15, 0.2) is 146 Å². The molecule has 0 aliphatic rings. The molecule has 18 heteroatoms. The quantitative estimate of drug-likeness (QED) is 0.0146. The fourth-order valence-electron chi connectivity index (χ4n) is 11.1. The van der Waals surface area contributed by atoms with Gasteiger partial charge in [-0.1, -0.05) is 321 Å². The number of esters is 3. The average molecular weight is 1540 g/mol. The Labute approximate surface area is 651 Å². The van der Waals surface area contributed by atoms with E-state index in [0.717, 1.165) is 180 Å². The van der Waals surface area contributed by atoms with Crippen molar-refractivity contribution in [2.75, 3.05) is 39.6 Å². The zero-order valence-electron chi connectivity index (χ0n) is 67.3. The number of carbonyl (C=O) groups is 3. The molecule has 0 fully saturated rings. The number of aliphatic hydroxyl groups is 2. The van der Waals surface area contributed by atoms with Gasteiger partial charge < -0.3 is 34.2 Å². The largest absolute Gasteiger partial charge is 0.472 e. The van der Waals surface area contributed by atoms with E-state index >= 15 is 0 Å². The first-order valence-electron chi connectivity index (χ1n) is 42.1. The molecule has 614 valence electrons. The Morgan fingerprint density at radius 3 is 0.785 bits per heavy atom. The number of unbranched alkanes of at least 4 members (excludes halogenated alkanes) is 32. The summed E-state index contributed by atoms with van der Waals surface area (Å²) < 4.78 is 61.3. The summed E-state index contributed by atoms with van der Waals surface area (Å²) in [5.74, 6) is -1.60. The van der Waals surface area contributed by atoms with Gasteiger partial charge in [-0.2, -0.15) is 0 Å². The Bertz CT molecular complexity index is 2530. The van der Waals surface area contributed by atoms with E-state index in [4.69, 9.17) is 32.3 Å². The molecule has 0 saturated heterocycles. The third-order valence-electron chi connectivity index (χ3n) is 17.5. The van der Waals surface area contributed by atoms with E-state index in [2.05, 4.69) is 167 Å². The van der Waals surface area contributed by atoms with Gasteiger partial charge in [-0.25, -0.2) is 9.13 Å². The molecular weight excluding hydrogens is 1390 g/mol. The van der Waals surface area contributed by atoms with Crippen molar-refractivity contribution < 1.29 is 75.8 Å². The molecule has 107 heavy (non-hydrogen) atoms. The molecule has 0 spiro atoms. The van der Waals surface area contributed by atoms with Crippen LogP contribution in [0.4, 0.5) is 0 Å². The van der Waals surface area contributed by atoms with Crippen LogP contribution in [0.3, 0.4) is 0 Å². The summed E-state index contributed by atoms with van der Waals surface area (Å²) in [4.78, 5) is 58.8. The summed E-state index contributed by atoms with van der Waals surface area (Å²) in [6.45, 7) is 2.51. The molecule has 0 radical (unpaired) electrons. The summed E-state index contributed by atoms with van der Waals surface area (Å²) in [7, 11) is -9.81. The predicted molar refractivity (Wildman–Crippen MR) is 445 cm³/mol. The summed E-state index contributed by atoms with van der Waals surface area (Å²) in [5.41, 5.74) is 0. The minimum Gasteiger partial charge on any atom is -0.463 e. The number of allylic oxidation sites excluding steroid dienone is 24. The fourth-order valence-corrected chi connectivity index (χ4v) is 12.7. The van der Waals surface area contributed by atoms with E-state index in [1.54, 1.807) is 0 Å². The number of aliphatic hydroxyl groups excluding tert-OH is 2. The molecular formula is C89H152O16P2. The molecule has 0 rings (SSSR count). The van der Waals surface area contributed by atoms with Gasteiger partial charge in [-0.15, -0.1) is 0 Å². The standard InChI is InChI=1S/C89H152O16P2/c1-4-7-10-13-16-19-22-25-28-31-34-36-38-39-40-41-42-43-45-47-49-51-54-57-60-63-66-69-72-75-87(92)99-78-84(90)79-101-106(95,96)102-80-85(91)81-103-107(97,98)104-83-86(105-89(94)77-74-71-68-65-62-59-56-53-48-33-30-27-24-21-18-15-12-9-6-3)82-100-88(93)76-73-70-67-64-61-58-55-52-50-46-44-37-35-32-29-26-23-20-17-14-11-8-5-2/h8,11,16-21,25-30,34-37,39-40,46,48,50,53,84-86,90-91H,4-7,9-10,12-15,22-24,31-33,38,41-45,47,49,51-52,54-83H2,1-3H3,(H,95,96)(H,97,98)/b11-8-,19-16-,20-17-,21-18-,28-25-,29-26-,30-27-,36-34-,37-35-,40-39-,50-46-,53-48-. The molecule has 5 atom stereocenters. The number of rotatable bonds is 79. The number of ether oxygens (including phenoxy) is 3. The van der Waals surface area contributed by atoms with E-state index in [9.17, 15) is 43.5 Å². The monoisotopic (exact) mass is 1540 g/mol. The van der Waals surface area contributed by atoms with Gasteiger partial charge >= 0.3 is 33.6 Å². The van der Waals surface area contributed by atoms with Crippen molar-refractivity contribution in [2.45, 2.75) is 360 Å². The number of hydrogen-bond acceptors (Lipinski definition) is 14. The third kappa shape index (κ3) is 82.2. The molecule has 0 aromatic heterocycles. The smallest absolute Gasteiger partial charge is 0.463 e. The molecule has 0 aromatic carbocycles. The van der Waals surface area contributed by atoms with Crippen LogP contribution in [0.5, 0.6) is 0 Å². The Kier molecular flexibility index (Phi) is 77.5. The lowest BCUT2D eigenvalue weighted by atomic mass is 10.0. The zero-order chi connectivity index (χ0) is 78.0. The molecule has 0 heterocycles. The van der Waals surface area contributed by atoms with E-state index in [-0.39, 0.29) is 19.3 Å². The molecule has 0 bridgehead atoms. The Hall–Kier alpha value is -4.57. The van der Waals surface area contributed by atoms with Gasteiger partial charge in [-0.3, -0.25) is 32.5 Å². The maximum atomic E-state index is 13.0. The van der Waals surface area contributed by atoms with Crippen LogP contribution in [0.1, 0.15) is 342 Å². The highest BCUT2D eigenvalue weighted by Crippen LogP contribution is 2.45. The van der Waals surface area contributed by atoms with Gasteiger partial charge in [0, 0.05) is 19.3 Å². The number of carbonyl (C=O) groups excluding carboxylic acids is 3. The van der Waals surface area contributed by atoms with Gasteiger partial charge in [-0.05, 0) is 148 Å². The Morgan fingerprint density at radius 1 is 0.271 bits per heavy atom. The number of hydrogen-bond donors (Lipinski definition) is 4. The Morgan fingerprint density at radius 2 is 0.495 bits per heavy atom. The van der Waals surface area contributed by atoms with Crippen LogP contribution in [-0.4, -0.2) is 95.9 Å². The first-order valence-corrected chi connectivity index (χ1v) is 45.1. The van der Waals surface area contributed by atoms with Crippen LogP contribution in [0, 0.1) is 0 Å². The van der Waals surface area contributed by atoms with Crippen LogP contribution in [0.2, 0.25) is 0 Å². The first-order chi connectivity index (χ1) is 52.2. The molecule has 4 N–H and O–H groups in total. The van der Waals surface area contributed by atoms with Crippen molar-refractivity contribution in [3.05, 3.63) is 146 Å². The van der Waals surface area contributed by atoms with Crippen molar-refractivity contribution in [1.82, 2.24) is 0 Å². The molecule has 0 amide bonds. The maximum Gasteiger partial charge on any atom is 0.472 e. The summed E-state index contributed by atoms with van der Waals surface area (Å²) in [6, 6.07) is 0. The minimum atomic E-state index is -4.95. The highest BCUT2D eigenvalue weighted by molar-refractivity contribution is 7.47. The van der Waals surface area contributed by atoms with Crippen molar-refractivity contribution in [2.24, 2.45) is 0 Å². The second-order valence-corrected chi connectivity index (χ2v) is 30.8. The zero-order valence-corrected chi connectivity index (χ0v) is 69.1. The van der Waals surface area contributed by atoms with Crippen LogP contribution >= 0.6 is 15.6 Å². The van der Waals surface area contributed by atoms with Crippen molar-refractivity contribution in [1.29, 1.82) is 0 Å². The van der Waals surface area contributed by atoms with E-state index in [0.29, 0.717) is 19.3 Å². The normalized spacial score (nSPS) is 14.6. The van der Waals surface area contributed by atoms with Crippen LogP contribution < -0.4 is 0 Å². The van der Waals surface area contributed by atoms with Gasteiger partial charge in [0.2, 0.25) is 0 Å². The summed E-state index contributed by atoms with van der Waals surface area (Å²) >= 11 is 0. The molecule has 16 nitrogen and oxygen atoms in total. The van der Waals surface area contributed by atoms with Crippen molar-refractivity contribution in [3.8, 4) is 0 Å². The van der Waals surface area contributed by atoms with Crippen LogP contribution in [-0.2, 0) is 55.8 Å². The van der Waals surface area contributed by atoms with Gasteiger partial charge in [0.15, 0.2) is 6.10 Å². The maximum absolute atomic E-state index is 13.0. The molecule has 5 unspecified atom stereocenters. The minimum absolute atomic E-state index is 0.0836. The second kappa shape index (κ2) is 80.9. The SMILES string of the molecule is CC/C=C\C/C=C\C/C=C\C/C=C\C/C=C\CCCCCCCCCC(=O)OCC(COP(=O)(O)OCC(O)COP(=O)(O)OCC(O)COC(=O)CCCCCCCCCCCCCCC/C=C\C/C=C\C/C=C\C/C=C\CCCCC)OC(=O)CCCCCCCC/C=C\C/C=C\C/C=C\CCCCC. The van der Waals surface area contributed by atoms with E-state index in [1.807, 2.05) is 0 Å². The highest BCUT2D eigenvalue weighted by atomic mass is 31.2. The van der Waals surface area contributed by atoms with Crippen molar-refractivity contribution >= 4 is 33.6 Å². The fraction of sp³-hybridized carbons (Fsp3) is 0.697. The number of phosphoric ester groups is 2. The molecule has 0 aliphatic carbocycles. The third-order valence-corrected chi connectivity index (χ3v) is 19.4. The van der Waals surface area contributed by atoms with Crippen molar-refractivity contribution in [3.63, 3.8) is 0 Å². The number of phosphoric acid groups is 2. The van der Waals surface area contributed by atoms with E-state index < -0.39 is 91.5 Å². The Balaban J connectivity index is 4.61. The van der Waals surface area contributed by atoms with Gasteiger partial charge in [0.05, 0.1) is 26.4 Å². The predicted octanol–water partition coefficient (Wildman–Crippen LogP) is 25.2. The molecule has 0 saturated carbocycles. The first kappa shape index (κ1) is 102. The van der Waals surface area contributed by atoms with Crippen LogP contribution in [0.25, 0.3) is 0 Å². The van der Waals surface area contributed by atoms with Gasteiger partial charge in [0.25, 0.3) is 0 Å². The molecule has 0 aliphatic heterocycles. The van der Waals surface area contributed by atoms with E-state index in [1.165, 1.54) is 103 Å². The topological polar surface area (TPSA) is 231 Å². The molecule has 0 aromatic rings. The summed E-state index contributed by atoms with van der Waals surface area (Å²) in [5, 5.41) is 20.7.